The van der Waals surface area contributed by atoms with Gasteiger partial charge >= 0.3 is 6.18 Å². The molecule has 0 saturated heterocycles. The van der Waals surface area contributed by atoms with Gasteiger partial charge in [0.2, 0.25) is 0 Å². The van der Waals surface area contributed by atoms with E-state index in [1.54, 1.807) is 6.92 Å². The molecule has 0 fully saturated rings. The molecule has 0 amide bonds. The molecule has 1 aromatic rings. The summed E-state index contributed by atoms with van der Waals surface area (Å²) in [5, 5.41) is 2.46. The molecule has 0 aromatic carbocycles. The maximum atomic E-state index is 13.2. The molecule has 0 aliphatic carbocycles. The summed E-state index contributed by atoms with van der Waals surface area (Å²) in [4.78, 5) is 4.32. The Morgan fingerprint density at radius 1 is 1.33 bits per heavy atom. The molecule has 21 heavy (non-hydrogen) atoms. The molecule has 1 aliphatic heterocycles. The molecule has 3 nitrogen and oxygen atoms in total. The van der Waals surface area contributed by atoms with Crippen LogP contribution in [-0.2, 0) is 17.6 Å². The van der Waals surface area contributed by atoms with E-state index in [1.807, 2.05) is 19.9 Å². The number of halogens is 3. The van der Waals surface area contributed by atoms with Crippen molar-refractivity contribution in [2.75, 3.05) is 18.5 Å². The van der Waals surface area contributed by atoms with Crippen molar-refractivity contribution >= 4 is 5.82 Å². The highest BCUT2D eigenvalue weighted by Gasteiger charge is 2.39. The summed E-state index contributed by atoms with van der Waals surface area (Å²) in [6.45, 7) is 5.99. The Balaban J connectivity index is 2.41. The zero-order chi connectivity index (χ0) is 15.6. The van der Waals surface area contributed by atoms with Crippen molar-refractivity contribution < 1.29 is 17.9 Å². The predicted octanol–water partition coefficient (Wildman–Crippen LogP) is 3.77. The van der Waals surface area contributed by atoms with Crippen molar-refractivity contribution in [1.29, 1.82) is 0 Å². The lowest BCUT2D eigenvalue weighted by molar-refractivity contribution is -0.0920. The quantitative estimate of drug-likeness (QED) is 0.919. The highest BCUT2D eigenvalue weighted by atomic mass is 19.4. The van der Waals surface area contributed by atoms with Crippen LogP contribution in [0.4, 0.5) is 19.0 Å². The molecular formula is C15H19F3N2O. The second kappa shape index (κ2) is 6.05. The van der Waals surface area contributed by atoms with Gasteiger partial charge in [0.15, 0.2) is 0 Å². The van der Waals surface area contributed by atoms with Gasteiger partial charge < -0.3 is 10.1 Å². The number of allylic oxidation sites excluding steroid dienone is 1. The number of aryl methyl sites for hydroxylation is 2. The lowest BCUT2D eigenvalue weighted by atomic mass is 9.97. The molecule has 2 heterocycles. The van der Waals surface area contributed by atoms with Gasteiger partial charge in [0.1, 0.15) is 11.5 Å². The number of pyridine rings is 1. The van der Waals surface area contributed by atoms with Crippen LogP contribution < -0.4 is 5.32 Å². The Bertz CT molecular complexity index is 565. The number of fused-ring (bicyclic) bond motifs is 1. The second-order valence-electron chi connectivity index (χ2n) is 5.03. The molecule has 1 aromatic heterocycles. The zero-order valence-electron chi connectivity index (χ0n) is 12.4. The average Bonchev–Trinajstić information content (AvgIpc) is 2.42. The van der Waals surface area contributed by atoms with E-state index in [0.717, 1.165) is 16.8 Å². The summed E-state index contributed by atoms with van der Waals surface area (Å²) in [6, 6.07) is 1.91. The summed E-state index contributed by atoms with van der Waals surface area (Å²) >= 11 is 0. The smallest absolute Gasteiger partial charge is 0.377 e. The largest absolute Gasteiger partial charge is 0.431 e. The predicted molar refractivity (Wildman–Crippen MR) is 75.3 cm³/mol. The summed E-state index contributed by atoms with van der Waals surface area (Å²) < 4.78 is 44.7. The Kier molecular flexibility index (Phi) is 4.56. The van der Waals surface area contributed by atoms with Gasteiger partial charge in [0.25, 0.3) is 0 Å². The molecule has 116 valence electrons. The molecule has 0 saturated carbocycles. The maximum Gasteiger partial charge on any atom is 0.431 e. The van der Waals surface area contributed by atoms with Crippen LogP contribution in [0.1, 0.15) is 30.7 Å². The molecule has 0 unspecified atom stereocenters. The Labute approximate surface area is 122 Å². The fraction of sp³-hybridized carbons (Fsp3) is 0.533. The number of nitrogens with one attached hydrogen (secondary N) is 1. The topological polar surface area (TPSA) is 34.1 Å². The van der Waals surface area contributed by atoms with Crippen LogP contribution in [0.2, 0.25) is 0 Å². The first-order valence-corrected chi connectivity index (χ1v) is 7.00. The summed E-state index contributed by atoms with van der Waals surface area (Å²) in [6.07, 6.45) is -3.52. The molecule has 1 aliphatic rings. The SMILES string of the molecule is CCOCC1=C(C(F)(F)F)Nc2nc(CC)c(C)cc2C1. The van der Waals surface area contributed by atoms with Crippen LogP contribution >= 0.6 is 0 Å². The van der Waals surface area contributed by atoms with Gasteiger partial charge in [-0.15, -0.1) is 0 Å². The molecule has 2 rings (SSSR count). The number of rotatable bonds is 4. The van der Waals surface area contributed by atoms with Crippen LogP contribution in [0.25, 0.3) is 0 Å². The third-order valence-corrected chi connectivity index (χ3v) is 3.50. The van der Waals surface area contributed by atoms with Crippen molar-refractivity contribution in [3.05, 3.63) is 34.2 Å². The number of hydrogen-bond donors (Lipinski definition) is 1. The van der Waals surface area contributed by atoms with E-state index in [9.17, 15) is 13.2 Å². The van der Waals surface area contributed by atoms with Crippen molar-refractivity contribution in [2.45, 2.75) is 39.8 Å². The van der Waals surface area contributed by atoms with E-state index in [-0.39, 0.29) is 18.6 Å². The zero-order valence-corrected chi connectivity index (χ0v) is 12.4. The van der Waals surface area contributed by atoms with Crippen LogP contribution in [0.5, 0.6) is 0 Å². The number of aromatic nitrogens is 1. The van der Waals surface area contributed by atoms with Gasteiger partial charge in [0, 0.05) is 18.7 Å². The van der Waals surface area contributed by atoms with Gasteiger partial charge in [-0.1, -0.05) is 13.0 Å². The van der Waals surface area contributed by atoms with Crippen molar-refractivity contribution in [3.63, 3.8) is 0 Å². The molecule has 0 atom stereocenters. The summed E-state index contributed by atoms with van der Waals surface area (Å²) in [7, 11) is 0. The van der Waals surface area contributed by atoms with E-state index >= 15 is 0 Å². The molecule has 0 spiro atoms. The Morgan fingerprint density at radius 3 is 2.62 bits per heavy atom. The number of ether oxygens (including phenoxy) is 1. The standard InChI is InChI=1S/C15H19F3N2O/c1-4-12-9(3)6-10-7-11(8-21-5-2)13(15(16,17)18)20-14(10)19-12/h6H,4-5,7-8H2,1-3H3,(H,19,20). The van der Waals surface area contributed by atoms with E-state index in [2.05, 4.69) is 10.3 Å². The first-order valence-electron chi connectivity index (χ1n) is 7.00. The Morgan fingerprint density at radius 2 is 2.05 bits per heavy atom. The van der Waals surface area contributed by atoms with Gasteiger partial charge in [0.05, 0.1) is 6.61 Å². The molecule has 6 heteroatoms. The van der Waals surface area contributed by atoms with Crippen molar-refractivity contribution in [3.8, 4) is 0 Å². The monoisotopic (exact) mass is 300 g/mol. The van der Waals surface area contributed by atoms with E-state index < -0.39 is 11.9 Å². The summed E-state index contributed by atoms with van der Waals surface area (Å²) in [5.41, 5.74) is 2.09. The lowest BCUT2D eigenvalue weighted by Gasteiger charge is -2.26. The fourth-order valence-electron chi connectivity index (χ4n) is 2.45. The minimum Gasteiger partial charge on any atom is -0.377 e. The highest BCUT2D eigenvalue weighted by molar-refractivity contribution is 5.58. The molecule has 0 bridgehead atoms. The van der Waals surface area contributed by atoms with Crippen LogP contribution in [0.3, 0.4) is 0 Å². The van der Waals surface area contributed by atoms with Gasteiger partial charge in [-0.2, -0.15) is 13.2 Å². The van der Waals surface area contributed by atoms with Crippen LogP contribution in [-0.4, -0.2) is 24.4 Å². The van der Waals surface area contributed by atoms with Crippen LogP contribution in [0.15, 0.2) is 17.3 Å². The molecule has 1 N–H and O–H groups in total. The van der Waals surface area contributed by atoms with Gasteiger partial charge in [-0.05, 0) is 37.0 Å². The Hall–Kier alpha value is -1.56. The third-order valence-electron chi connectivity index (χ3n) is 3.50. The van der Waals surface area contributed by atoms with E-state index in [4.69, 9.17) is 4.74 Å². The average molecular weight is 300 g/mol. The second-order valence-corrected chi connectivity index (χ2v) is 5.03. The first-order chi connectivity index (χ1) is 9.86. The number of hydrogen-bond acceptors (Lipinski definition) is 3. The van der Waals surface area contributed by atoms with Gasteiger partial charge in [-0.25, -0.2) is 4.98 Å². The van der Waals surface area contributed by atoms with Crippen LogP contribution in [0, 0.1) is 6.92 Å². The van der Waals surface area contributed by atoms with E-state index in [1.165, 1.54) is 0 Å². The number of nitrogens with zero attached hydrogens (tertiary/aromatic N) is 1. The van der Waals surface area contributed by atoms with Crippen molar-refractivity contribution in [2.24, 2.45) is 0 Å². The first kappa shape index (κ1) is 15.8. The fourth-order valence-corrected chi connectivity index (χ4v) is 2.45. The third kappa shape index (κ3) is 3.37. The molecular weight excluding hydrogens is 281 g/mol. The minimum absolute atomic E-state index is 0.0215. The highest BCUT2D eigenvalue weighted by Crippen LogP contribution is 2.36. The lowest BCUT2D eigenvalue weighted by Crippen LogP contribution is -2.28. The molecule has 0 radical (unpaired) electrons. The summed E-state index contributed by atoms with van der Waals surface area (Å²) in [5.74, 6) is 0.310. The number of anilines is 1. The van der Waals surface area contributed by atoms with E-state index in [0.29, 0.717) is 18.8 Å². The van der Waals surface area contributed by atoms with Crippen molar-refractivity contribution in [1.82, 2.24) is 4.98 Å². The van der Waals surface area contributed by atoms with Gasteiger partial charge in [-0.3, -0.25) is 0 Å². The minimum atomic E-state index is -4.43. The maximum absolute atomic E-state index is 13.2. The normalized spacial score (nSPS) is 15.0. The number of alkyl halides is 3.